The third kappa shape index (κ3) is 7.38. The average Bonchev–Trinajstić information content (AvgIpc) is 2.67. The number of unbranched alkanes of at least 4 members (excludes halogenated alkanes) is 5. The van der Waals surface area contributed by atoms with Crippen LogP contribution in [0.2, 0.25) is 0 Å². The Kier molecular flexibility index (Phi) is 12.6. The van der Waals surface area contributed by atoms with Crippen molar-refractivity contribution in [1.82, 2.24) is 0 Å². The standard InChI is InChI=1S/C23H41NO2/c1-4-7-8-9-10-12-16-22(19-15-20-24)23(25-5-2,26-6-3)21-17-13-11-14-18-21/h11,13-14,17-18,22H,4-10,12,15-16,19-20,24H2,1-3H3. The minimum Gasteiger partial charge on any atom is -0.346 e. The van der Waals surface area contributed by atoms with Crippen molar-refractivity contribution >= 4 is 0 Å². The van der Waals surface area contributed by atoms with Crippen LogP contribution in [0, 0.1) is 5.92 Å². The Morgan fingerprint density at radius 3 is 1.96 bits per heavy atom. The Bertz CT molecular complexity index is 429. The molecule has 0 saturated carbocycles. The predicted molar refractivity (Wildman–Crippen MR) is 111 cm³/mol. The van der Waals surface area contributed by atoms with E-state index in [4.69, 9.17) is 15.2 Å². The number of benzene rings is 1. The molecule has 26 heavy (non-hydrogen) atoms. The highest BCUT2D eigenvalue weighted by molar-refractivity contribution is 5.21. The summed E-state index contributed by atoms with van der Waals surface area (Å²) in [6, 6.07) is 10.5. The van der Waals surface area contributed by atoms with E-state index in [0.717, 1.165) is 31.4 Å². The molecule has 0 spiro atoms. The van der Waals surface area contributed by atoms with Crippen LogP contribution in [0.5, 0.6) is 0 Å². The summed E-state index contributed by atoms with van der Waals surface area (Å²) in [7, 11) is 0. The Morgan fingerprint density at radius 1 is 0.808 bits per heavy atom. The lowest BCUT2D eigenvalue weighted by atomic mass is 9.83. The van der Waals surface area contributed by atoms with Gasteiger partial charge in [-0.15, -0.1) is 0 Å². The van der Waals surface area contributed by atoms with Gasteiger partial charge in [-0.3, -0.25) is 0 Å². The molecule has 0 aliphatic carbocycles. The molecule has 0 aromatic heterocycles. The summed E-state index contributed by atoms with van der Waals surface area (Å²) in [4.78, 5) is 0. The average molecular weight is 364 g/mol. The SMILES string of the molecule is CCCCCCCCC(CCCN)C(OCC)(OCC)c1ccccc1. The molecule has 0 aliphatic heterocycles. The minimum atomic E-state index is -0.649. The molecule has 0 bridgehead atoms. The summed E-state index contributed by atoms with van der Waals surface area (Å²) in [5.41, 5.74) is 6.97. The number of rotatable bonds is 16. The van der Waals surface area contributed by atoms with Crippen molar-refractivity contribution in [3.05, 3.63) is 35.9 Å². The lowest BCUT2D eigenvalue weighted by Crippen LogP contribution is -2.41. The largest absolute Gasteiger partial charge is 0.346 e. The van der Waals surface area contributed by atoms with E-state index < -0.39 is 5.79 Å². The minimum absolute atomic E-state index is 0.333. The highest BCUT2D eigenvalue weighted by Crippen LogP contribution is 2.41. The molecule has 0 saturated heterocycles. The van der Waals surface area contributed by atoms with Gasteiger partial charge in [-0.2, -0.15) is 0 Å². The van der Waals surface area contributed by atoms with Gasteiger partial charge in [0.2, 0.25) is 0 Å². The van der Waals surface area contributed by atoms with Crippen LogP contribution in [0.4, 0.5) is 0 Å². The zero-order valence-electron chi connectivity index (χ0n) is 17.3. The smallest absolute Gasteiger partial charge is 0.197 e. The van der Waals surface area contributed by atoms with Gasteiger partial charge in [-0.1, -0.05) is 75.8 Å². The molecule has 3 heteroatoms. The topological polar surface area (TPSA) is 44.5 Å². The Labute approximate surface area is 161 Å². The quantitative estimate of drug-likeness (QED) is 0.288. The third-order valence-corrected chi connectivity index (χ3v) is 5.09. The van der Waals surface area contributed by atoms with Crippen molar-refractivity contribution in [1.29, 1.82) is 0 Å². The van der Waals surface area contributed by atoms with Crippen LogP contribution in [0.15, 0.2) is 30.3 Å². The van der Waals surface area contributed by atoms with Gasteiger partial charge in [0.15, 0.2) is 5.79 Å². The monoisotopic (exact) mass is 363 g/mol. The van der Waals surface area contributed by atoms with Crippen LogP contribution < -0.4 is 5.73 Å². The van der Waals surface area contributed by atoms with Crippen LogP contribution >= 0.6 is 0 Å². The molecule has 1 atom stereocenters. The maximum atomic E-state index is 6.35. The maximum absolute atomic E-state index is 6.35. The molecule has 0 aliphatic rings. The van der Waals surface area contributed by atoms with Gasteiger partial charge in [0.05, 0.1) is 0 Å². The zero-order valence-corrected chi connectivity index (χ0v) is 17.3. The van der Waals surface area contributed by atoms with Gasteiger partial charge in [0.1, 0.15) is 0 Å². The Hall–Kier alpha value is -0.900. The number of hydrogen-bond donors (Lipinski definition) is 1. The molecule has 0 amide bonds. The molecule has 3 nitrogen and oxygen atoms in total. The lowest BCUT2D eigenvalue weighted by molar-refractivity contribution is -0.277. The molecule has 2 N–H and O–H groups in total. The van der Waals surface area contributed by atoms with Gasteiger partial charge in [0.25, 0.3) is 0 Å². The summed E-state index contributed by atoms with van der Waals surface area (Å²) in [5.74, 6) is -0.317. The lowest BCUT2D eigenvalue weighted by Gasteiger charge is -2.41. The van der Waals surface area contributed by atoms with Crippen LogP contribution in [-0.2, 0) is 15.3 Å². The number of ether oxygens (including phenoxy) is 2. The van der Waals surface area contributed by atoms with Crippen molar-refractivity contribution in [2.45, 2.75) is 84.3 Å². The molecule has 1 unspecified atom stereocenters. The van der Waals surface area contributed by atoms with E-state index in [1.807, 2.05) is 0 Å². The molecule has 1 rings (SSSR count). The van der Waals surface area contributed by atoms with Crippen LogP contribution in [0.1, 0.15) is 84.1 Å². The van der Waals surface area contributed by atoms with E-state index in [1.165, 1.54) is 38.5 Å². The predicted octanol–water partition coefficient (Wildman–Crippen LogP) is 6.02. The normalized spacial score (nSPS) is 13.1. The van der Waals surface area contributed by atoms with E-state index in [2.05, 4.69) is 51.1 Å². The van der Waals surface area contributed by atoms with E-state index in [-0.39, 0.29) is 0 Å². The molecule has 1 aromatic rings. The fourth-order valence-corrected chi connectivity index (χ4v) is 3.84. The Balaban J connectivity index is 2.92. The first-order valence-electron chi connectivity index (χ1n) is 10.8. The first kappa shape index (κ1) is 23.1. The van der Waals surface area contributed by atoms with Crippen LogP contribution in [-0.4, -0.2) is 19.8 Å². The highest BCUT2D eigenvalue weighted by Gasteiger charge is 2.41. The third-order valence-electron chi connectivity index (χ3n) is 5.09. The second kappa shape index (κ2) is 14.2. The van der Waals surface area contributed by atoms with Gasteiger partial charge in [0, 0.05) is 24.7 Å². The van der Waals surface area contributed by atoms with Gasteiger partial charge in [-0.25, -0.2) is 0 Å². The second-order valence-corrected chi connectivity index (χ2v) is 7.08. The Morgan fingerprint density at radius 2 is 1.38 bits per heavy atom. The number of nitrogens with two attached hydrogens (primary N) is 1. The van der Waals surface area contributed by atoms with E-state index in [9.17, 15) is 0 Å². The summed E-state index contributed by atoms with van der Waals surface area (Å²) >= 11 is 0. The van der Waals surface area contributed by atoms with Gasteiger partial charge in [-0.05, 0) is 39.7 Å². The zero-order chi connectivity index (χ0) is 19.1. The van der Waals surface area contributed by atoms with Crippen molar-refractivity contribution in [2.24, 2.45) is 11.7 Å². The molecule has 0 heterocycles. The van der Waals surface area contributed by atoms with E-state index >= 15 is 0 Å². The second-order valence-electron chi connectivity index (χ2n) is 7.08. The summed E-state index contributed by atoms with van der Waals surface area (Å²) in [6.45, 7) is 8.38. The van der Waals surface area contributed by atoms with Crippen molar-refractivity contribution in [3.8, 4) is 0 Å². The fraction of sp³-hybridized carbons (Fsp3) is 0.739. The molecule has 1 aromatic carbocycles. The first-order chi connectivity index (χ1) is 12.7. The molecule has 0 radical (unpaired) electrons. The van der Waals surface area contributed by atoms with Gasteiger partial charge < -0.3 is 15.2 Å². The van der Waals surface area contributed by atoms with E-state index in [0.29, 0.717) is 19.1 Å². The number of hydrogen-bond acceptors (Lipinski definition) is 3. The van der Waals surface area contributed by atoms with E-state index in [1.54, 1.807) is 0 Å². The molecular weight excluding hydrogens is 322 g/mol. The summed E-state index contributed by atoms with van der Waals surface area (Å²) < 4.78 is 12.7. The maximum Gasteiger partial charge on any atom is 0.197 e. The van der Waals surface area contributed by atoms with Crippen LogP contribution in [0.25, 0.3) is 0 Å². The van der Waals surface area contributed by atoms with Crippen molar-refractivity contribution in [2.75, 3.05) is 19.8 Å². The van der Waals surface area contributed by atoms with Gasteiger partial charge >= 0.3 is 0 Å². The summed E-state index contributed by atoms with van der Waals surface area (Å²) in [6.07, 6.45) is 11.0. The molecular formula is C23H41NO2. The van der Waals surface area contributed by atoms with Crippen molar-refractivity contribution < 1.29 is 9.47 Å². The van der Waals surface area contributed by atoms with Crippen LogP contribution in [0.3, 0.4) is 0 Å². The highest BCUT2D eigenvalue weighted by atomic mass is 16.7. The summed E-state index contributed by atoms with van der Waals surface area (Å²) in [5, 5.41) is 0. The molecule has 0 fully saturated rings. The van der Waals surface area contributed by atoms with Crippen molar-refractivity contribution in [3.63, 3.8) is 0 Å². The first-order valence-corrected chi connectivity index (χ1v) is 10.8. The molecule has 150 valence electrons. The fourth-order valence-electron chi connectivity index (χ4n) is 3.84.